The van der Waals surface area contributed by atoms with Crippen molar-refractivity contribution in [1.82, 2.24) is 9.97 Å². The number of aryl methyl sites for hydroxylation is 2. The Balaban J connectivity index is 2.16. The lowest BCUT2D eigenvalue weighted by Gasteiger charge is -2.03. The Bertz CT molecular complexity index is 677. The van der Waals surface area contributed by atoms with Gasteiger partial charge in [-0.15, -0.1) is 0 Å². The summed E-state index contributed by atoms with van der Waals surface area (Å²) >= 11 is 0. The number of rotatable bonds is 4. The third-order valence-corrected chi connectivity index (χ3v) is 3.18. The summed E-state index contributed by atoms with van der Waals surface area (Å²) in [5, 5.41) is 0. The van der Waals surface area contributed by atoms with E-state index < -0.39 is 0 Å². The maximum Gasteiger partial charge on any atom is 0.125 e. The van der Waals surface area contributed by atoms with Gasteiger partial charge in [0, 0.05) is 25.0 Å². The summed E-state index contributed by atoms with van der Waals surface area (Å²) in [5.41, 5.74) is 5.03. The zero-order valence-corrected chi connectivity index (χ0v) is 12.7. The van der Waals surface area contributed by atoms with Crippen molar-refractivity contribution in [3.05, 3.63) is 77.9 Å². The molecule has 0 amide bonds. The average Bonchev–Trinajstić information content (AvgIpc) is 2.50. The average molecular weight is 277 g/mol. The highest BCUT2D eigenvalue weighted by Crippen LogP contribution is 2.15. The minimum Gasteiger partial charge on any atom is -0.288 e. The van der Waals surface area contributed by atoms with Crippen molar-refractivity contribution >= 4 is 11.3 Å². The van der Waals surface area contributed by atoms with Crippen LogP contribution in [0, 0.1) is 13.8 Å². The number of aromatic nitrogens is 2. The first-order chi connectivity index (χ1) is 10.1. The van der Waals surface area contributed by atoms with Gasteiger partial charge in [-0.05, 0) is 31.1 Å². The summed E-state index contributed by atoms with van der Waals surface area (Å²) in [6.07, 6.45) is 7.47. The molecule has 0 radical (unpaired) electrons. The lowest BCUT2D eigenvalue weighted by atomic mass is 10.0. The van der Waals surface area contributed by atoms with E-state index in [9.17, 15) is 0 Å². The van der Waals surface area contributed by atoms with Gasteiger partial charge < -0.3 is 0 Å². The fraction of sp³-hybridized carbons (Fsp3) is 0.167. The molecule has 1 aromatic carbocycles. The molecular weight excluding hydrogens is 258 g/mol. The Hall–Kier alpha value is -2.55. The van der Waals surface area contributed by atoms with E-state index in [4.69, 9.17) is 0 Å². The predicted molar refractivity (Wildman–Crippen MR) is 88.6 cm³/mol. The van der Waals surface area contributed by atoms with Crippen molar-refractivity contribution in [2.75, 3.05) is 7.05 Å². The van der Waals surface area contributed by atoms with Gasteiger partial charge in [0.15, 0.2) is 0 Å². The van der Waals surface area contributed by atoms with Crippen LogP contribution in [0.25, 0.3) is 5.57 Å². The summed E-state index contributed by atoms with van der Waals surface area (Å²) in [4.78, 5) is 12.7. The van der Waals surface area contributed by atoms with Crippen LogP contribution in [0.5, 0.6) is 0 Å². The van der Waals surface area contributed by atoms with E-state index in [0.717, 1.165) is 28.2 Å². The van der Waals surface area contributed by atoms with Crippen LogP contribution in [0.2, 0.25) is 0 Å². The van der Waals surface area contributed by atoms with Gasteiger partial charge in [-0.3, -0.25) is 4.99 Å². The Labute approximate surface area is 125 Å². The molecule has 106 valence electrons. The molecule has 0 N–H and O–H groups in total. The molecular formula is C18H19N3. The second-order valence-electron chi connectivity index (χ2n) is 4.85. The van der Waals surface area contributed by atoms with Gasteiger partial charge in [0.25, 0.3) is 0 Å². The van der Waals surface area contributed by atoms with Crippen molar-refractivity contribution in [2.45, 2.75) is 13.8 Å². The lowest BCUT2D eigenvalue weighted by molar-refractivity contribution is 1.05. The highest BCUT2D eigenvalue weighted by atomic mass is 14.9. The number of hydrogen-bond acceptors (Lipinski definition) is 3. The van der Waals surface area contributed by atoms with Crippen molar-refractivity contribution < 1.29 is 0 Å². The van der Waals surface area contributed by atoms with Crippen LogP contribution in [-0.2, 0) is 0 Å². The monoisotopic (exact) mass is 277 g/mol. The largest absolute Gasteiger partial charge is 0.288 e. The molecule has 3 nitrogen and oxygen atoms in total. The van der Waals surface area contributed by atoms with Crippen LogP contribution in [0.15, 0.2) is 60.4 Å². The molecule has 0 saturated heterocycles. The Morgan fingerprint density at radius 3 is 2.19 bits per heavy atom. The van der Waals surface area contributed by atoms with Crippen molar-refractivity contribution in [3.8, 4) is 0 Å². The molecule has 21 heavy (non-hydrogen) atoms. The van der Waals surface area contributed by atoms with Crippen molar-refractivity contribution in [1.29, 1.82) is 0 Å². The van der Waals surface area contributed by atoms with Gasteiger partial charge in [-0.1, -0.05) is 42.5 Å². The normalized spacial score (nSPS) is 11.9. The molecule has 1 aromatic heterocycles. The number of benzene rings is 1. The first-order valence-corrected chi connectivity index (χ1v) is 6.80. The smallest absolute Gasteiger partial charge is 0.125 e. The molecule has 2 aromatic rings. The van der Waals surface area contributed by atoms with E-state index in [1.165, 1.54) is 5.56 Å². The lowest BCUT2D eigenvalue weighted by Crippen LogP contribution is -2.00. The van der Waals surface area contributed by atoms with E-state index in [1.54, 1.807) is 19.4 Å². The molecule has 0 fully saturated rings. The van der Waals surface area contributed by atoms with Crippen LogP contribution < -0.4 is 0 Å². The minimum atomic E-state index is 0.752. The zero-order valence-electron chi connectivity index (χ0n) is 12.7. The van der Waals surface area contributed by atoms with E-state index >= 15 is 0 Å². The molecule has 0 aliphatic carbocycles. The van der Waals surface area contributed by atoms with Crippen LogP contribution in [0.1, 0.15) is 22.5 Å². The summed E-state index contributed by atoms with van der Waals surface area (Å²) in [6.45, 7) is 8.03. The quantitative estimate of drug-likeness (QED) is 0.630. The van der Waals surface area contributed by atoms with Crippen LogP contribution in [-0.4, -0.2) is 22.7 Å². The molecule has 0 unspecified atom stereocenters. The van der Waals surface area contributed by atoms with Gasteiger partial charge in [0.2, 0.25) is 0 Å². The molecule has 2 rings (SSSR count). The zero-order chi connectivity index (χ0) is 15.2. The molecule has 0 spiro atoms. The van der Waals surface area contributed by atoms with E-state index in [-0.39, 0.29) is 0 Å². The Kier molecular flexibility index (Phi) is 4.77. The topological polar surface area (TPSA) is 38.1 Å². The molecule has 0 aliphatic rings. The highest BCUT2D eigenvalue weighted by Gasteiger charge is 2.01. The molecule has 0 aliphatic heterocycles. The van der Waals surface area contributed by atoms with Gasteiger partial charge in [0.1, 0.15) is 5.82 Å². The molecule has 0 atom stereocenters. The third-order valence-electron chi connectivity index (χ3n) is 3.18. The summed E-state index contributed by atoms with van der Waals surface area (Å²) in [7, 11) is 1.76. The fourth-order valence-electron chi connectivity index (χ4n) is 1.87. The van der Waals surface area contributed by atoms with Crippen molar-refractivity contribution in [2.24, 2.45) is 4.99 Å². The van der Waals surface area contributed by atoms with E-state index in [1.807, 2.05) is 19.1 Å². The van der Waals surface area contributed by atoms with Gasteiger partial charge >= 0.3 is 0 Å². The summed E-state index contributed by atoms with van der Waals surface area (Å²) < 4.78 is 0. The number of hydrogen-bond donors (Lipinski definition) is 0. The second-order valence-corrected chi connectivity index (χ2v) is 4.85. The second kappa shape index (κ2) is 6.75. The minimum absolute atomic E-state index is 0.752. The standard InChI is InChI=1S/C18H19N3/c1-13-5-8-16(9-6-13)14(2)7-10-18(19-4)17-11-20-15(3)21-12-17/h5-12H,2H2,1,3-4H3/b10-7-,19-18?. The van der Waals surface area contributed by atoms with E-state index in [2.05, 4.69) is 52.7 Å². The Morgan fingerprint density at radius 2 is 1.62 bits per heavy atom. The first kappa shape index (κ1) is 14.9. The maximum absolute atomic E-state index is 4.28. The molecule has 0 bridgehead atoms. The third kappa shape index (κ3) is 3.96. The first-order valence-electron chi connectivity index (χ1n) is 6.80. The maximum atomic E-state index is 4.28. The molecule has 3 heteroatoms. The fourth-order valence-corrected chi connectivity index (χ4v) is 1.87. The van der Waals surface area contributed by atoms with Crippen LogP contribution in [0.4, 0.5) is 0 Å². The number of aliphatic imine (C=N–C) groups is 1. The Morgan fingerprint density at radius 1 is 1.00 bits per heavy atom. The van der Waals surface area contributed by atoms with Gasteiger partial charge in [-0.2, -0.15) is 0 Å². The van der Waals surface area contributed by atoms with Gasteiger partial charge in [0.05, 0.1) is 5.71 Å². The van der Waals surface area contributed by atoms with Gasteiger partial charge in [-0.25, -0.2) is 9.97 Å². The predicted octanol–water partition coefficient (Wildman–Crippen LogP) is 3.78. The van der Waals surface area contributed by atoms with Crippen LogP contribution >= 0.6 is 0 Å². The molecule has 1 heterocycles. The van der Waals surface area contributed by atoms with Crippen molar-refractivity contribution in [3.63, 3.8) is 0 Å². The molecule has 0 saturated carbocycles. The highest BCUT2D eigenvalue weighted by molar-refractivity contribution is 6.09. The number of nitrogens with zero attached hydrogens (tertiary/aromatic N) is 3. The number of allylic oxidation sites excluding steroid dienone is 3. The summed E-state index contributed by atoms with van der Waals surface area (Å²) in [5.74, 6) is 0.752. The van der Waals surface area contributed by atoms with E-state index in [0.29, 0.717) is 0 Å². The summed E-state index contributed by atoms with van der Waals surface area (Å²) in [6, 6.07) is 8.30. The SMILES string of the molecule is C=C(/C=C\C(=NC)c1cnc(C)nc1)c1ccc(C)cc1. The van der Waals surface area contributed by atoms with Crippen LogP contribution in [0.3, 0.4) is 0 Å².